The molecule has 0 bridgehead atoms. The molecule has 8 rings (SSSR count). The maximum Gasteiger partial charge on any atom is 0.295 e. The van der Waals surface area contributed by atoms with Gasteiger partial charge in [-0.15, -0.1) is 20.5 Å². The summed E-state index contributed by atoms with van der Waals surface area (Å²) in [5.41, 5.74) is 0.359. The second-order valence-electron chi connectivity index (χ2n) is 14.6. The number of fused-ring (bicyclic) bond motifs is 2. The Morgan fingerprint density at radius 1 is 0.714 bits per heavy atom. The first kappa shape index (κ1) is 48.6. The smallest absolute Gasteiger partial charge is 0.295 e. The van der Waals surface area contributed by atoms with Gasteiger partial charge < -0.3 is 15.2 Å². The van der Waals surface area contributed by atoms with Crippen LogP contribution in [-0.4, -0.2) is 62.6 Å². The Kier molecular flexibility index (Phi) is 13.1. The van der Waals surface area contributed by atoms with E-state index in [1.165, 1.54) is 31.2 Å². The number of nitro benzene ring substituents is 1. The van der Waals surface area contributed by atoms with Crippen LogP contribution in [0.2, 0.25) is 0 Å². The second-order valence-corrected chi connectivity index (χ2v) is 20.7. The number of hydrogen-bond donors (Lipinski definition) is 6. The van der Waals surface area contributed by atoms with Gasteiger partial charge in [-0.2, -0.15) is 30.5 Å². The molecular weight excluding hydrogens is 1010 g/mol. The van der Waals surface area contributed by atoms with Gasteiger partial charge in [-0.3, -0.25) is 23.8 Å². The minimum absolute atomic E-state index is 0.0242. The van der Waals surface area contributed by atoms with Crippen molar-refractivity contribution in [2.45, 2.75) is 26.5 Å². The van der Waals surface area contributed by atoms with Gasteiger partial charge in [0.05, 0.1) is 30.9 Å². The van der Waals surface area contributed by atoms with Gasteiger partial charge in [-0.1, -0.05) is 47.7 Å². The predicted octanol–water partition coefficient (Wildman–Crippen LogP) is 10.2. The number of benzene rings is 6. The van der Waals surface area contributed by atoms with Crippen LogP contribution >= 0.6 is 11.3 Å². The third-order valence-corrected chi connectivity index (χ3v) is 14.3. The Morgan fingerprint density at radius 2 is 1.33 bits per heavy atom. The second kappa shape index (κ2) is 18.9. The number of nitrogens with zero attached hydrogens (tertiary/aromatic N) is 8. The van der Waals surface area contributed by atoms with Gasteiger partial charge in [0, 0.05) is 45.4 Å². The summed E-state index contributed by atoms with van der Waals surface area (Å²) < 4.78 is 123. The number of rotatable bonds is 14. The number of pyridine rings is 1. The van der Waals surface area contributed by atoms with Crippen LogP contribution in [-0.2, 0) is 41.4 Å². The number of azo groups is 2. The van der Waals surface area contributed by atoms with Crippen LogP contribution in [0.5, 0.6) is 0 Å². The van der Waals surface area contributed by atoms with Crippen LogP contribution in [0.1, 0.15) is 11.1 Å². The Balaban J connectivity index is 1.26. The molecule has 1 atom stereocenters. The van der Waals surface area contributed by atoms with Crippen molar-refractivity contribution in [3.63, 3.8) is 0 Å². The number of nitro groups is 1. The molecule has 70 heavy (non-hydrogen) atoms. The molecule has 23 nitrogen and oxygen atoms in total. The Labute approximate surface area is 401 Å². The van der Waals surface area contributed by atoms with Crippen molar-refractivity contribution in [2.75, 3.05) is 10.6 Å². The summed E-state index contributed by atoms with van der Waals surface area (Å²) in [7, 11) is -14.2. The summed E-state index contributed by atoms with van der Waals surface area (Å²) >= 11 is -2.01. The van der Waals surface area contributed by atoms with E-state index in [0.29, 0.717) is 11.6 Å². The first-order valence-electron chi connectivity index (χ1n) is 19.4. The molecule has 0 saturated heterocycles. The van der Waals surface area contributed by atoms with Gasteiger partial charge in [0.2, 0.25) is 5.13 Å². The number of nitriles is 1. The molecule has 2 heterocycles. The van der Waals surface area contributed by atoms with Gasteiger partial charge in [0.15, 0.2) is 27.7 Å². The zero-order valence-corrected chi connectivity index (χ0v) is 39.1. The van der Waals surface area contributed by atoms with E-state index in [9.17, 15) is 63.0 Å². The minimum atomic E-state index is -5.13. The molecule has 0 fully saturated rings. The van der Waals surface area contributed by atoms with E-state index < -0.39 is 71.6 Å². The molecule has 6 aromatic carbocycles. The number of aromatic nitrogens is 2. The van der Waals surface area contributed by atoms with Gasteiger partial charge >= 0.3 is 0 Å². The first-order chi connectivity index (χ1) is 33.1. The third-order valence-electron chi connectivity index (χ3n) is 10.1. The highest BCUT2D eigenvalue weighted by Crippen LogP contribution is 2.44. The molecule has 0 amide bonds. The van der Waals surface area contributed by atoms with E-state index >= 15 is 0 Å². The fraction of sp³-hybridized carbons (Fsp3) is 0.0238. The molecule has 354 valence electrons. The van der Waals surface area contributed by atoms with Crippen molar-refractivity contribution in [3.05, 3.63) is 137 Å². The minimum Gasteiger partial charge on any atom is -0.339 e. The highest BCUT2D eigenvalue weighted by molar-refractivity contribution is 7.86. The van der Waals surface area contributed by atoms with Crippen LogP contribution in [0.4, 0.5) is 50.2 Å². The van der Waals surface area contributed by atoms with Gasteiger partial charge in [-0.25, -0.2) is 14.2 Å². The fourth-order valence-electron chi connectivity index (χ4n) is 6.84. The van der Waals surface area contributed by atoms with Crippen LogP contribution in [0.15, 0.2) is 155 Å². The highest BCUT2D eigenvalue weighted by Gasteiger charge is 2.25. The zero-order valence-electron chi connectivity index (χ0n) is 35.1. The molecule has 1 unspecified atom stereocenters. The van der Waals surface area contributed by atoms with Crippen molar-refractivity contribution < 1.29 is 52.6 Å². The molecule has 6 N–H and O–H groups in total. The lowest BCUT2D eigenvalue weighted by Crippen LogP contribution is -2.05. The topological polar surface area (TPSA) is 367 Å². The third kappa shape index (κ3) is 10.4. The van der Waals surface area contributed by atoms with Crippen LogP contribution in [0.25, 0.3) is 32.8 Å². The van der Waals surface area contributed by atoms with E-state index in [4.69, 9.17) is 0 Å². The van der Waals surface area contributed by atoms with Gasteiger partial charge in [0.25, 0.3) is 36.0 Å². The van der Waals surface area contributed by atoms with Crippen molar-refractivity contribution in [2.24, 2.45) is 20.5 Å². The molecule has 2 aromatic heterocycles. The molecule has 0 saturated carbocycles. The highest BCUT2D eigenvalue weighted by atomic mass is 32.2. The molecule has 8 aromatic rings. The predicted molar refractivity (Wildman–Crippen MR) is 256 cm³/mol. The molecule has 0 spiro atoms. The Morgan fingerprint density at radius 3 is 1.90 bits per heavy atom. The van der Waals surface area contributed by atoms with E-state index in [1.807, 2.05) is 36.4 Å². The van der Waals surface area contributed by atoms with E-state index in [0.717, 1.165) is 64.6 Å². The van der Waals surface area contributed by atoms with Crippen molar-refractivity contribution >= 4 is 125 Å². The molecule has 28 heteroatoms. The van der Waals surface area contributed by atoms with Crippen LogP contribution < -0.4 is 10.6 Å². The molecule has 0 aliphatic rings. The lowest BCUT2D eigenvalue weighted by molar-refractivity contribution is -0.384. The molecule has 0 aliphatic heterocycles. The molecular formula is C42H28N10O13S5. The van der Waals surface area contributed by atoms with Crippen LogP contribution in [0, 0.1) is 28.4 Å². The number of nitrogens with one attached hydrogen (secondary N) is 2. The SMILES string of the molecule is Cc1c(C#N)c(Nc2ccc(S(=O)(=O)O)cc2)nc(Nc2ccc(S(=O)(=O)O)cc2)c1/N=N/c1nc(-c2ccc3ccccc3c2)c(N=Nc2cc(S(=O)O)c3cc([N+](=O)[O-])cc(S(=O)(=O)O)c3c2)s1. The summed E-state index contributed by atoms with van der Waals surface area (Å²) in [6.07, 6.45) is 0. The largest absolute Gasteiger partial charge is 0.339 e. The van der Waals surface area contributed by atoms with Crippen molar-refractivity contribution in [3.8, 4) is 17.3 Å². The van der Waals surface area contributed by atoms with Gasteiger partial charge in [-0.05, 0) is 84.4 Å². The average Bonchev–Trinajstić information content (AvgIpc) is 3.72. The van der Waals surface area contributed by atoms with E-state index in [-0.39, 0.29) is 72.1 Å². The standard InChI is InChI=1S/C42H28N10O13S5/c1-22-34(21-43)39(44-26-8-12-30(13-9-26)68(57,58)59)47-40(45-27-10-14-31(15-11-27)69(60,61)62)37(22)49-51-42-46-38(25-7-6-23-4-2-3-5-24(23)16-25)41(66-42)50-48-28-17-33-32(35(18-28)67(55)56)19-29(52(53)54)20-36(33)70(63,64)65/h2-20H,1H3,(H,55,56)(H2,44,45,47)(H,57,58,59)(H,60,61,62)(H,63,64,65)/b50-48?,51-49+. The zero-order chi connectivity index (χ0) is 50.3. The first-order valence-corrected chi connectivity index (χ1v) is 25.6. The fourth-order valence-corrected chi connectivity index (χ4v) is 9.83. The number of non-ortho nitro benzene ring substituents is 1. The summed E-state index contributed by atoms with van der Waals surface area (Å²) in [5, 5.41) is 46.4. The number of hydrogen-bond acceptors (Lipinski definition) is 19. The lowest BCUT2D eigenvalue weighted by Gasteiger charge is -2.16. The monoisotopic (exact) mass is 1040 g/mol. The lowest BCUT2D eigenvalue weighted by atomic mass is 10.1. The maximum atomic E-state index is 12.5. The Bertz CT molecular complexity index is 3960. The number of thiazole rings is 1. The number of anilines is 4. The molecule has 0 aliphatic carbocycles. The maximum absolute atomic E-state index is 12.5. The summed E-state index contributed by atoms with van der Waals surface area (Å²) in [6, 6.07) is 28.2. The molecule has 0 radical (unpaired) electrons. The summed E-state index contributed by atoms with van der Waals surface area (Å²) in [4.78, 5) is 17.7. The van der Waals surface area contributed by atoms with Crippen molar-refractivity contribution in [1.29, 1.82) is 5.26 Å². The average molecular weight is 1040 g/mol. The van der Waals surface area contributed by atoms with Crippen molar-refractivity contribution in [1.82, 2.24) is 9.97 Å². The van der Waals surface area contributed by atoms with E-state index in [2.05, 4.69) is 47.1 Å². The van der Waals surface area contributed by atoms with E-state index in [1.54, 1.807) is 6.07 Å². The van der Waals surface area contributed by atoms with Gasteiger partial charge in [0.1, 0.15) is 22.3 Å². The summed E-state index contributed by atoms with van der Waals surface area (Å²) in [6.45, 7) is 1.53. The van der Waals surface area contributed by atoms with Crippen LogP contribution in [0.3, 0.4) is 0 Å². The Hall–Kier alpha value is -7.85. The summed E-state index contributed by atoms with van der Waals surface area (Å²) in [5.74, 6) is -0.0962. The quantitative estimate of drug-likeness (QED) is 0.0194. The normalized spacial score (nSPS) is 12.7.